The number of halogens is 1. The van der Waals surface area contributed by atoms with Crippen molar-refractivity contribution in [2.75, 3.05) is 7.11 Å². The predicted molar refractivity (Wildman–Crippen MR) is 84.3 cm³/mol. The molecule has 0 aliphatic heterocycles. The van der Waals surface area contributed by atoms with Crippen molar-refractivity contribution < 1.29 is 13.9 Å². The Morgan fingerprint density at radius 1 is 1.30 bits per heavy atom. The number of nitrogens with zero attached hydrogens (tertiary/aromatic N) is 2. The third-order valence-electron chi connectivity index (χ3n) is 3.73. The van der Waals surface area contributed by atoms with Crippen LogP contribution in [-0.4, -0.2) is 22.9 Å². The number of carbonyl (C=O) groups is 1. The quantitative estimate of drug-likeness (QED) is 0.697. The second-order valence-corrected chi connectivity index (χ2v) is 5.07. The van der Waals surface area contributed by atoms with E-state index in [4.69, 9.17) is 4.74 Å². The number of methoxy groups -OCH3 is 1. The molecule has 0 aliphatic rings. The van der Waals surface area contributed by atoms with Crippen molar-refractivity contribution in [2.45, 2.75) is 0 Å². The van der Waals surface area contributed by atoms with Crippen LogP contribution in [0.3, 0.4) is 0 Å². The van der Waals surface area contributed by atoms with Crippen LogP contribution in [0.2, 0.25) is 0 Å². The Kier molecular flexibility index (Phi) is 3.65. The van der Waals surface area contributed by atoms with Gasteiger partial charge in [0.05, 0.1) is 18.1 Å². The first kappa shape index (κ1) is 14.9. The van der Waals surface area contributed by atoms with Crippen LogP contribution in [0.4, 0.5) is 4.39 Å². The number of fused-ring (bicyclic) bond motifs is 1. The summed E-state index contributed by atoms with van der Waals surface area (Å²) in [6.07, 6.45) is 5.09. The molecule has 0 spiro atoms. The van der Waals surface area contributed by atoms with E-state index in [0.717, 1.165) is 0 Å². The van der Waals surface area contributed by atoms with Gasteiger partial charge in [0.15, 0.2) is 6.29 Å². The summed E-state index contributed by atoms with van der Waals surface area (Å²) in [6.45, 7) is 0. The lowest BCUT2D eigenvalue weighted by Gasteiger charge is -2.12. The number of carbonyl (C=O) groups excluding carboxylic acids is 1. The first-order chi connectivity index (χ1) is 11.1. The highest BCUT2D eigenvalue weighted by Gasteiger charge is 2.15. The molecule has 116 valence electrons. The van der Waals surface area contributed by atoms with Gasteiger partial charge in [-0.2, -0.15) is 0 Å². The van der Waals surface area contributed by atoms with Crippen molar-refractivity contribution in [3.8, 4) is 16.9 Å². The van der Waals surface area contributed by atoms with Gasteiger partial charge in [-0.05, 0) is 29.1 Å². The molecule has 2 aromatic heterocycles. The molecule has 5 nitrogen and oxygen atoms in total. The van der Waals surface area contributed by atoms with Crippen LogP contribution in [0.15, 0.2) is 41.6 Å². The largest absolute Gasteiger partial charge is 0.496 e. The Hall–Kier alpha value is -3.02. The SMILES string of the molecule is COc1cc(-c2cn(C)c(=O)c3cnccc23)cc(F)c1C=O. The average Bonchev–Trinajstić information content (AvgIpc) is 2.57. The molecule has 0 bridgehead atoms. The number of aryl methyl sites for hydroxylation is 1. The highest BCUT2D eigenvalue weighted by atomic mass is 19.1. The van der Waals surface area contributed by atoms with Crippen LogP contribution in [-0.2, 0) is 7.05 Å². The zero-order chi connectivity index (χ0) is 16.6. The number of hydrogen-bond donors (Lipinski definition) is 0. The Morgan fingerprint density at radius 2 is 2.09 bits per heavy atom. The summed E-state index contributed by atoms with van der Waals surface area (Å²) in [5, 5.41) is 1.09. The van der Waals surface area contributed by atoms with E-state index in [0.29, 0.717) is 28.2 Å². The maximum absolute atomic E-state index is 14.2. The van der Waals surface area contributed by atoms with Gasteiger partial charge < -0.3 is 9.30 Å². The number of pyridine rings is 2. The first-order valence-corrected chi connectivity index (χ1v) is 6.83. The summed E-state index contributed by atoms with van der Waals surface area (Å²) in [6, 6.07) is 4.53. The van der Waals surface area contributed by atoms with Gasteiger partial charge in [0.1, 0.15) is 11.6 Å². The fraction of sp³-hybridized carbons (Fsp3) is 0.118. The van der Waals surface area contributed by atoms with E-state index in [1.807, 2.05) is 0 Å². The summed E-state index contributed by atoms with van der Waals surface area (Å²) in [5.74, 6) is -0.531. The molecule has 2 heterocycles. The van der Waals surface area contributed by atoms with E-state index in [2.05, 4.69) is 4.98 Å². The van der Waals surface area contributed by atoms with Gasteiger partial charge in [-0.15, -0.1) is 0 Å². The number of aldehydes is 1. The lowest BCUT2D eigenvalue weighted by molar-refractivity contribution is 0.111. The fourth-order valence-electron chi connectivity index (χ4n) is 2.57. The molecule has 1 aromatic carbocycles. The summed E-state index contributed by atoms with van der Waals surface area (Å²) < 4.78 is 20.7. The third kappa shape index (κ3) is 2.38. The Balaban J connectivity index is 2.38. The van der Waals surface area contributed by atoms with Crippen LogP contribution < -0.4 is 10.3 Å². The monoisotopic (exact) mass is 312 g/mol. The van der Waals surface area contributed by atoms with Crippen molar-refractivity contribution >= 4 is 17.1 Å². The van der Waals surface area contributed by atoms with Gasteiger partial charge in [0.2, 0.25) is 0 Å². The molecule has 0 unspecified atom stereocenters. The minimum atomic E-state index is -0.676. The molecule has 6 heteroatoms. The minimum absolute atomic E-state index is 0.132. The van der Waals surface area contributed by atoms with Crippen molar-refractivity contribution in [3.63, 3.8) is 0 Å². The second kappa shape index (κ2) is 5.64. The zero-order valence-corrected chi connectivity index (χ0v) is 12.5. The third-order valence-corrected chi connectivity index (χ3v) is 3.73. The van der Waals surface area contributed by atoms with Gasteiger partial charge in [0.25, 0.3) is 5.56 Å². The van der Waals surface area contributed by atoms with Crippen molar-refractivity contribution in [3.05, 3.63) is 58.5 Å². The lowest BCUT2D eigenvalue weighted by atomic mass is 10.00. The van der Waals surface area contributed by atoms with E-state index in [9.17, 15) is 14.0 Å². The average molecular weight is 312 g/mol. The number of benzene rings is 1. The molecule has 3 rings (SSSR count). The van der Waals surface area contributed by atoms with Crippen molar-refractivity contribution in [1.82, 2.24) is 9.55 Å². The normalized spacial score (nSPS) is 10.7. The molecule has 0 atom stereocenters. The molecule has 0 amide bonds. The highest BCUT2D eigenvalue weighted by Crippen LogP contribution is 2.32. The lowest BCUT2D eigenvalue weighted by Crippen LogP contribution is -2.16. The Morgan fingerprint density at radius 3 is 2.78 bits per heavy atom. The molecular weight excluding hydrogens is 299 g/mol. The number of aromatic nitrogens is 2. The van der Waals surface area contributed by atoms with E-state index < -0.39 is 5.82 Å². The maximum Gasteiger partial charge on any atom is 0.259 e. The number of hydrogen-bond acceptors (Lipinski definition) is 4. The molecule has 0 radical (unpaired) electrons. The number of ether oxygens (including phenoxy) is 1. The summed E-state index contributed by atoms with van der Waals surface area (Å²) >= 11 is 0. The topological polar surface area (TPSA) is 61.2 Å². The van der Waals surface area contributed by atoms with E-state index in [1.54, 1.807) is 31.6 Å². The van der Waals surface area contributed by atoms with Crippen molar-refractivity contribution in [2.24, 2.45) is 7.05 Å². The minimum Gasteiger partial charge on any atom is -0.496 e. The first-order valence-electron chi connectivity index (χ1n) is 6.83. The summed E-state index contributed by atoms with van der Waals surface area (Å²) in [4.78, 5) is 27.1. The van der Waals surface area contributed by atoms with Gasteiger partial charge in [-0.3, -0.25) is 14.6 Å². The van der Waals surface area contributed by atoms with Crippen molar-refractivity contribution in [1.29, 1.82) is 0 Å². The van der Waals surface area contributed by atoms with E-state index in [1.165, 1.54) is 23.9 Å². The van der Waals surface area contributed by atoms with Crippen LogP contribution in [0.25, 0.3) is 21.9 Å². The molecule has 23 heavy (non-hydrogen) atoms. The van der Waals surface area contributed by atoms with Crippen LogP contribution in [0.1, 0.15) is 10.4 Å². The standard InChI is InChI=1S/C17H13FN2O3/c1-20-8-13(11-3-4-19-7-12(11)17(20)22)10-5-15(18)14(9-21)16(6-10)23-2/h3-9H,1-2H3. The molecule has 3 aromatic rings. The second-order valence-electron chi connectivity index (χ2n) is 5.07. The summed E-state index contributed by atoms with van der Waals surface area (Å²) in [7, 11) is 2.99. The summed E-state index contributed by atoms with van der Waals surface area (Å²) in [5.41, 5.74) is 0.844. The van der Waals surface area contributed by atoms with E-state index in [-0.39, 0.29) is 16.9 Å². The smallest absolute Gasteiger partial charge is 0.259 e. The molecule has 0 aliphatic carbocycles. The van der Waals surface area contributed by atoms with Gasteiger partial charge in [0, 0.05) is 31.2 Å². The van der Waals surface area contributed by atoms with Gasteiger partial charge in [-0.1, -0.05) is 0 Å². The van der Waals surface area contributed by atoms with Crippen LogP contribution >= 0.6 is 0 Å². The molecule has 0 N–H and O–H groups in total. The molecule has 0 saturated carbocycles. The predicted octanol–water partition coefficient (Wildman–Crippen LogP) is 2.56. The zero-order valence-electron chi connectivity index (χ0n) is 12.5. The van der Waals surface area contributed by atoms with Crippen LogP contribution in [0.5, 0.6) is 5.75 Å². The fourth-order valence-corrected chi connectivity index (χ4v) is 2.57. The molecular formula is C17H13FN2O3. The maximum atomic E-state index is 14.2. The van der Waals surface area contributed by atoms with Crippen LogP contribution in [0, 0.1) is 5.82 Å². The number of rotatable bonds is 3. The van der Waals surface area contributed by atoms with E-state index >= 15 is 0 Å². The Labute approximate surface area is 131 Å². The molecule has 0 saturated heterocycles. The van der Waals surface area contributed by atoms with Gasteiger partial charge >= 0.3 is 0 Å². The van der Waals surface area contributed by atoms with Gasteiger partial charge in [-0.25, -0.2) is 4.39 Å². The highest BCUT2D eigenvalue weighted by molar-refractivity contribution is 5.96. The molecule has 0 fully saturated rings. The Bertz CT molecular complexity index is 979.